The van der Waals surface area contributed by atoms with E-state index in [-0.39, 0.29) is 13.0 Å². The van der Waals surface area contributed by atoms with E-state index >= 15 is 0 Å². The van der Waals surface area contributed by atoms with Crippen molar-refractivity contribution in [1.29, 1.82) is 0 Å². The average molecular weight is 460 g/mol. The van der Waals surface area contributed by atoms with Crippen LogP contribution in [0.4, 0.5) is 0 Å². The molecular formula is C23H28N2O8. The van der Waals surface area contributed by atoms with Crippen molar-refractivity contribution in [3.8, 4) is 17.2 Å². The quantitative estimate of drug-likeness (QED) is 0.154. The van der Waals surface area contributed by atoms with E-state index in [0.29, 0.717) is 18.4 Å². The maximum Gasteiger partial charge on any atom is 0.328 e. The van der Waals surface area contributed by atoms with Gasteiger partial charge in [0.15, 0.2) is 11.5 Å². The number of carboxylic acids is 1. The predicted molar refractivity (Wildman–Crippen MR) is 118 cm³/mol. The van der Waals surface area contributed by atoms with Crippen molar-refractivity contribution in [3.05, 3.63) is 53.6 Å². The molecule has 0 bridgehead atoms. The zero-order chi connectivity index (χ0) is 24.4. The van der Waals surface area contributed by atoms with Crippen LogP contribution >= 0.6 is 0 Å². The molecule has 6 N–H and O–H groups in total. The van der Waals surface area contributed by atoms with Gasteiger partial charge in [-0.05, 0) is 36.6 Å². The van der Waals surface area contributed by atoms with Crippen LogP contribution in [0.1, 0.15) is 24.0 Å². The van der Waals surface area contributed by atoms with Crippen LogP contribution in [0.25, 0.3) is 0 Å². The highest BCUT2D eigenvalue weighted by molar-refractivity contribution is 5.90. The number of amides is 1. The largest absolute Gasteiger partial charge is 0.504 e. The van der Waals surface area contributed by atoms with Crippen LogP contribution in [0, 0.1) is 0 Å². The van der Waals surface area contributed by atoms with E-state index < -0.39 is 53.6 Å². The summed E-state index contributed by atoms with van der Waals surface area (Å²) in [6.45, 7) is 0.216. The van der Waals surface area contributed by atoms with E-state index in [1.165, 1.54) is 19.2 Å². The highest BCUT2D eigenvalue weighted by Gasteiger charge is 2.27. The normalized spacial score (nSPS) is 12.5. The lowest BCUT2D eigenvalue weighted by molar-refractivity contribution is -0.145. The second kappa shape index (κ2) is 12.3. The molecule has 0 aliphatic carbocycles. The van der Waals surface area contributed by atoms with Crippen molar-refractivity contribution >= 4 is 17.8 Å². The fourth-order valence-corrected chi connectivity index (χ4v) is 3.26. The molecule has 178 valence electrons. The number of benzene rings is 2. The van der Waals surface area contributed by atoms with Crippen molar-refractivity contribution < 1.29 is 39.5 Å². The zero-order valence-corrected chi connectivity index (χ0v) is 18.2. The maximum atomic E-state index is 12.8. The molecule has 0 fully saturated rings. The number of aliphatic carboxylic acids is 1. The van der Waals surface area contributed by atoms with Crippen molar-refractivity contribution in [2.45, 2.75) is 37.8 Å². The zero-order valence-electron chi connectivity index (χ0n) is 18.2. The number of hydrogen-bond donors (Lipinski definition) is 6. The third kappa shape index (κ3) is 7.69. The number of aromatic hydroxyl groups is 3. The number of phenols is 3. The van der Waals surface area contributed by atoms with E-state index in [0.717, 1.165) is 5.56 Å². The summed E-state index contributed by atoms with van der Waals surface area (Å²) in [5, 5.41) is 43.4. The SMILES string of the molecule is COC(=O)[C@@H](Cc1ccccc1)NC(=O)[C@@H](CC(=O)O)NCCCc1ccc(O)c(O)c1O. The maximum absolute atomic E-state index is 12.8. The lowest BCUT2D eigenvalue weighted by Gasteiger charge is -2.21. The summed E-state index contributed by atoms with van der Waals surface area (Å²) >= 11 is 0. The van der Waals surface area contributed by atoms with E-state index in [4.69, 9.17) is 4.74 Å². The lowest BCUT2D eigenvalue weighted by atomic mass is 10.0. The smallest absolute Gasteiger partial charge is 0.328 e. The summed E-state index contributed by atoms with van der Waals surface area (Å²) in [5.74, 6) is -3.99. The number of aryl methyl sites for hydroxylation is 1. The number of carbonyl (C=O) groups is 3. The van der Waals surface area contributed by atoms with Gasteiger partial charge >= 0.3 is 11.9 Å². The molecule has 0 saturated carbocycles. The number of methoxy groups -OCH3 is 1. The number of rotatable bonds is 12. The topological polar surface area (TPSA) is 165 Å². The molecule has 10 heteroatoms. The van der Waals surface area contributed by atoms with Crippen LogP contribution in [0.5, 0.6) is 17.2 Å². The molecule has 2 aromatic rings. The molecule has 2 rings (SSSR count). The Hall–Kier alpha value is -3.79. The van der Waals surface area contributed by atoms with Crippen LogP contribution in [0.15, 0.2) is 42.5 Å². The monoisotopic (exact) mass is 460 g/mol. The van der Waals surface area contributed by atoms with Gasteiger partial charge in [0.2, 0.25) is 11.7 Å². The Labute approximate surface area is 190 Å². The molecule has 0 saturated heterocycles. The molecule has 0 spiro atoms. The highest BCUT2D eigenvalue weighted by Crippen LogP contribution is 2.37. The number of nitrogens with one attached hydrogen (secondary N) is 2. The number of hydrogen-bond acceptors (Lipinski definition) is 8. The molecule has 0 unspecified atom stereocenters. The fraction of sp³-hybridized carbons (Fsp3) is 0.348. The minimum absolute atomic E-state index is 0.183. The molecule has 10 nitrogen and oxygen atoms in total. The Morgan fingerprint density at radius 1 is 0.970 bits per heavy atom. The minimum Gasteiger partial charge on any atom is -0.504 e. The Kier molecular flexibility index (Phi) is 9.49. The Bertz CT molecular complexity index is 964. The average Bonchev–Trinajstić information content (AvgIpc) is 2.80. The van der Waals surface area contributed by atoms with Gasteiger partial charge in [-0.1, -0.05) is 36.4 Å². The summed E-state index contributed by atoms with van der Waals surface area (Å²) in [6.07, 6.45) is 0.372. The molecule has 0 aromatic heterocycles. The van der Waals surface area contributed by atoms with Crippen molar-refractivity contribution in [2.75, 3.05) is 13.7 Å². The van der Waals surface area contributed by atoms with E-state index in [1.54, 1.807) is 24.3 Å². The van der Waals surface area contributed by atoms with E-state index in [9.17, 15) is 34.8 Å². The van der Waals surface area contributed by atoms with Gasteiger partial charge in [0, 0.05) is 6.42 Å². The Morgan fingerprint density at radius 2 is 1.67 bits per heavy atom. The Morgan fingerprint density at radius 3 is 2.30 bits per heavy atom. The molecule has 2 atom stereocenters. The van der Waals surface area contributed by atoms with Gasteiger partial charge in [-0.25, -0.2) is 4.79 Å². The van der Waals surface area contributed by atoms with Gasteiger partial charge in [0.05, 0.1) is 19.6 Å². The van der Waals surface area contributed by atoms with E-state index in [2.05, 4.69) is 10.6 Å². The number of ether oxygens (including phenoxy) is 1. The van der Waals surface area contributed by atoms with Gasteiger partial charge in [0.1, 0.15) is 6.04 Å². The van der Waals surface area contributed by atoms with E-state index in [1.807, 2.05) is 6.07 Å². The lowest BCUT2D eigenvalue weighted by Crippen LogP contribution is -2.52. The third-order valence-electron chi connectivity index (χ3n) is 5.01. The second-order valence-electron chi connectivity index (χ2n) is 7.42. The van der Waals surface area contributed by atoms with Crippen LogP contribution in [-0.2, 0) is 32.0 Å². The fourth-order valence-electron chi connectivity index (χ4n) is 3.26. The van der Waals surface area contributed by atoms with Crippen molar-refractivity contribution in [1.82, 2.24) is 10.6 Å². The molecule has 33 heavy (non-hydrogen) atoms. The number of phenolic OH excluding ortho intramolecular Hbond substituents is 3. The molecule has 2 aromatic carbocycles. The first kappa shape index (κ1) is 25.5. The molecule has 0 heterocycles. The minimum atomic E-state index is -1.19. The molecule has 1 amide bonds. The number of esters is 1. The summed E-state index contributed by atoms with van der Waals surface area (Å²) in [6, 6.07) is 9.62. The third-order valence-corrected chi connectivity index (χ3v) is 5.01. The van der Waals surface area contributed by atoms with Gasteiger partial charge in [-0.2, -0.15) is 0 Å². The van der Waals surface area contributed by atoms with Crippen LogP contribution in [-0.4, -0.2) is 64.0 Å². The first-order valence-electron chi connectivity index (χ1n) is 10.3. The first-order chi connectivity index (χ1) is 15.7. The van der Waals surface area contributed by atoms with Crippen LogP contribution in [0.2, 0.25) is 0 Å². The summed E-state index contributed by atoms with van der Waals surface area (Å²) < 4.78 is 4.77. The summed E-state index contributed by atoms with van der Waals surface area (Å²) in [4.78, 5) is 36.2. The number of carbonyl (C=O) groups excluding carboxylic acids is 2. The van der Waals surface area contributed by atoms with Gasteiger partial charge in [0.25, 0.3) is 0 Å². The van der Waals surface area contributed by atoms with Crippen molar-refractivity contribution in [3.63, 3.8) is 0 Å². The van der Waals surface area contributed by atoms with Crippen LogP contribution in [0.3, 0.4) is 0 Å². The second-order valence-corrected chi connectivity index (χ2v) is 7.42. The molecule has 0 radical (unpaired) electrons. The van der Waals surface area contributed by atoms with Gasteiger partial charge in [-0.15, -0.1) is 0 Å². The molecular weight excluding hydrogens is 432 g/mol. The van der Waals surface area contributed by atoms with Gasteiger partial charge in [-0.3, -0.25) is 9.59 Å². The number of carboxylic acid groups (broad SMARTS) is 1. The summed E-state index contributed by atoms with van der Waals surface area (Å²) in [7, 11) is 1.20. The Balaban J connectivity index is 1.99. The highest BCUT2D eigenvalue weighted by atomic mass is 16.5. The molecule has 0 aliphatic rings. The standard InChI is InChI=1S/C23H28N2O8/c1-33-23(32)17(12-14-6-3-2-4-7-14)25-22(31)16(13-19(27)28)24-11-5-8-15-9-10-18(26)21(30)20(15)29/h2-4,6-7,9-10,16-17,24,26,29-30H,5,8,11-13H2,1H3,(H,25,31)(H,27,28)/t16-,17-/m1/s1. The van der Waals surface area contributed by atoms with Crippen LogP contribution < -0.4 is 10.6 Å². The van der Waals surface area contributed by atoms with Crippen molar-refractivity contribution in [2.24, 2.45) is 0 Å². The van der Waals surface area contributed by atoms with Gasteiger partial charge < -0.3 is 35.8 Å². The first-order valence-corrected chi connectivity index (χ1v) is 10.3. The molecule has 0 aliphatic heterocycles. The summed E-state index contributed by atoms with van der Waals surface area (Å²) in [5.41, 5.74) is 1.19. The predicted octanol–water partition coefficient (Wildman–Crippen LogP) is 1.07.